The monoisotopic (exact) mass is 420 g/mol. The lowest BCUT2D eigenvalue weighted by molar-refractivity contribution is -0.142. The number of nitrogens with zero attached hydrogens (tertiary/aromatic N) is 5. The van der Waals surface area contributed by atoms with E-state index in [4.69, 9.17) is 0 Å². The average molecular weight is 421 g/mol. The van der Waals surface area contributed by atoms with E-state index in [0.717, 1.165) is 58.1 Å². The normalized spacial score (nSPS) is 19.7. The van der Waals surface area contributed by atoms with Crippen LogP contribution in [0, 0.1) is 0 Å². The van der Waals surface area contributed by atoms with Crippen molar-refractivity contribution in [2.45, 2.75) is 32.4 Å². The number of aliphatic imine (C=N–C) groups is 1. The van der Waals surface area contributed by atoms with Crippen LogP contribution in [0.3, 0.4) is 0 Å². The molecule has 1 N–H and O–H groups in total. The molecule has 2 heterocycles. The zero-order valence-corrected chi connectivity index (χ0v) is 17.7. The van der Waals surface area contributed by atoms with E-state index in [1.807, 2.05) is 11.8 Å². The number of hydrogen-bond acceptors (Lipinski definition) is 4. The number of piperidine rings is 1. The van der Waals surface area contributed by atoms with Crippen molar-refractivity contribution in [3.05, 3.63) is 0 Å². The van der Waals surface area contributed by atoms with E-state index < -0.39 is 12.7 Å². The second-order valence-corrected chi connectivity index (χ2v) is 7.79. The molecule has 1 amide bonds. The Morgan fingerprint density at radius 1 is 1.03 bits per heavy atom. The Hall–Kier alpha value is -1.55. The minimum atomic E-state index is -4.19. The Kier molecular flexibility index (Phi) is 9.48. The summed E-state index contributed by atoms with van der Waals surface area (Å²) in [5.41, 5.74) is 0. The standard InChI is InChI=1S/C19H35F3N6O/c1-3-23-18(24-7-10-25(2)16-19(20,21)22)28-13-11-26(12-14-28)15-17(29)27-8-5-4-6-9-27/h3-16H2,1-2H3,(H,23,24). The summed E-state index contributed by atoms with van der Waals surface area (Å²) in [5, 5.41) is 3.22. The molecule has 0 radical (unpaired) electrons. The van der Waals surface area contributed by atoms with Crippen molar-refractivity contribution in [3.8, 4) is 0 Å². The lowest BCUT2D eigenvalue weighted by Gasteiger charge is -2.37. The van der Waals surface area contributed by atoms with Crippen molar-refractivity contribution >= 4 is 11.9 Å². The summed E-state index contributed by atoms with van der Waals surface area (Å²) in [6, 6.07) is 0. The van der Waals surface area contributed by atoms with Crippen molar-refractivity contribution in [3.63, 3.8) is 0 Å². The molecule has 2 rings (SSSR count). The van der Waals surface area contributed by atoms with Gasteiger partial charge in [0.2, 0.25) is 5.91 Å². The Morgan fingerprint density at radius 2 is 1.69 bits per heavy atom. The van der Waals surface area contributed by atoms with E-state index in [1.54, 1.807) is 0 Å². The third kappa shape index (κ3) is 8.77. The van der Waals surface area contributed by atoms with Gasteiger partial charge in [0, 0.05) is 52.4 Å². The summed E-state index contributed by atoms with van der Waals surface area (Å²) >= 11 is 0. The number of piperazine rings is 1. The van der Waals surface area contributed by atoms with Gasteiger partial charge in [-0.15, -0.1) is 0 Å². The molecule has 0 aromatic carbocycles. The summed E-state index contributed by atoms with van der Waals surface area (Å²) in [7, 11) is 1.45. The first-order valence-electron chi connectivity index (χ1n) is 10.6. The molecule has 10 heteroatoms. The fourth-order valence-corrected chi connectivity index (χ4v) is 3.69. The first-order chi connectivity index (χ1) is 13.8. The average Bonchev–Trinajstić information content (AvgIpc) is 2.67. The molecule has 2 aliphatic rings. The Bertz CT molecular complexity index is 529. The maximum Gasteiger partial charge on any atom is 0.401 e. The van der Waals surface area contributed by atoms with Crippen molar-refractivity contribution in [2.24, 2.45) is 4.99 Å². The highest BCUT2D eigenvalue weighted by molar-refractivity contribution is 5.80. The molecule has 0 aliphatic carbocycles. The largest absolute Gasteiger partial charge is 0.401 e. The number of hydrogen-bond donors (Lipinski definition) is 1. The highest BCUT2D eigenvalue weighted by Crippen LogP contribution is 2.15. The highest BCUT2D eigenvalue weighted by Gasteiger charge is 2.29. The van der Waals surface area contributed by atoms with E-state index in [0.29, 0.717) is 19.6 Å². The van der Waals surface area contributed by atoms with E-state index in [1.165, 1.54) is 18.4 Å². The molecule has 2 saturated heterocycles. The molecular formula is C19H35F3N6O. The number of rotatable bonds is 7. The smallest absolute Gasteiger partial charge is 0.357 e. The van der Waals surface area contributed by atoms with Gasteiger partial charge >= 0.3 is 6.18 Å². The van der Waals surface area contributed by atoms with Crippen molar-refractivity contribution in [1.82, 2.24) is 24.9 Å². The predicted molar refractivity (Wildman–Crippen MR) is 108 cm³/mol. The number of carbonyl (C=O) groups is 1. The minimum absolute atomic E-state index is 0.214. The van der Waals surface area contributed by atoms with Crippen LogP contribution < -0.4 is 5.32 Å². The first-order valence-corrected chi connectivity index (χ1v) is 10.6. The number of halogens is 3. The predicted octanol–water partition coefficient (Wildman–Crippen LogP) is 1.08. The molecular weight excluding hydrogens is 385 g/mol. The van der Waals surface area contributed by atoms with Crippen LogP contribution in [-0.2, 0) is 4.79 Å². The number of carbonyl (C=O) groups excluding carboxylic acids is 1. The lowest BCUT2D eigenvalue weighted by atomic mass is 10.1. The third-order valence-electron chi connectivity index (χ3n) is 5.27. The SMILES string of the molecule is CCNC(=NCCN(C)CC(F)(F)F)N1CCN(CC(=O)N2CCCCC2)CC1. The molecule has 0 atom stereocenters. The molecule has 7 nitrogen and oxygen atoms in total. The van der Waals surface area contributed by atoms with Crippen LogP contribution in [0.25, 0.3) is 0 Å². The maximum absolute atomic E-state index is 12.4. The van der Waals surface area contributed by atoms with Gasteiger partial charge in [0.1, 0.15) is 0 Å². The minimum Gasteiger partial charge on any atom is -0.357 e. The Labute approximate surface area is 171 Å². The Morgan fingerprint density at radius 3 is 2.28 bits per heavy atom. The molecule has 29 heavy (non-hydrogen) atoms. The number of likely N-dealkylation sites (tertiary alicyclic amines) is 1. The van der Waals surface area contributed by atoms with Crippen LogP contribution in [0.2, 0.25) is 0 Å². The molecule has 0 saturated carbocycles. The van der Waals surface area contributed by atoms with Gasteiger partial charge in [-0.05, 0) is 33.2 Å². The van der Waals surface area contributed by atoms with Crippen LogP contribution in [0.5, 0.6) is 0 Å². The number of nitrogens with one attached hydrogen (secondary N) is 1. The second-order valence-electron chi connectivity index (χ2n) is 7.79. The van der Waals surface area contributed by atoms with Gasteiger partial charge in [-0.1, -0.05) is 0 Å². The number of amides is 1. The van der Waals surface area contributed by atoms with Crippen molar-refractivity contribution in [1.29, 1.82) is 0 Å². The lowest BCUT2D eigenvalue weighted by Crippen LogP contribution is -2.54. The second kappa shape index (κ2) is 11.6. The molecule has 0 bridgehead atoms. The first kappa shape index (κ1) is 23.7. The summed E-state index contributed by atoms with van der Waals surface area (Å²) in [6.07, 6.45) is -0.785. The molecule has 2 aliphatic heterocycles. The van der Waals surface area contributed by atoms with Gasteiger partial charge in [0.25, 0.3) is 0 Å². The van der Waals surface area contributed by atoms with Gasteiger partial charge in [-0.2, -0.15) is 13.2 Å². The molecule has 0 aromatic heterocycles. The molecule has 0 aromatic rings. The molecule has 0 unspecified atom stereocenters. The van der Waals surface area contributed by atoms with Gasteiger partial charge in [0.05, 0.1) is 19.6 Å². The van der Waals surface area contributed by atoms with Crippen molar-refractivity contribution in [2.75, 3.05) is 79.0 Å². The zero-order valence-electron chi connectivity index (χ0n) is 17.7. The van der Waals surface area contributed by atoms with Crippen LogP contribution in [-0.4, -0.2) is 117 Å². The Balaban J connectivity index is 1.77. The van der Waals surface area contributed by atoms with E-state index >= 15 is 0 Å². The van der Waals surface area contributed by atoms with Gasteiger partial charge in [-0.3, -0.25) is 19.6 Å². The topological polar surface area (TPSA) is 54.4 Å². The van der Waals surface area contributed by atoms with Crippen LogP contribution in [0.15, 0.2) is 4.99 Å². The van der Waals surface area contributed by atoms with Gasteiger partial charge in [0.15, 0.2) is 5.96 Å². The van der Waals surface area contributed by atoms with Crippen LogP contribution >= 0.6 is 0 Å². The molecule has 0 spiro atoms. The van der Waals surface area contributed by atoms with E-state index in [2.05, 4.69) is 20.1 Å². The third-order valence-corrected chi connectivity index (χ3v) is 5.27. The van der Waals surface area contributed by atoms with E-state index in [9.17, 15) is 18.0 Å². The fourth-order valence-electron chi connectivity index (χ4n) is 3.69. The molecule has 168 valence electrons. The summed E-state index contributed by atoms with van der Waals surface area (Å²) in [5.74, 6) is 0.946. The number of alkyl halides is 3. The fraction of sp³-hybridized carbons (Fsp3) is 0.895. The van der Waals surface area contributed by atoms with Crippen LogP contribution in [0.4, 0.5) is 13.2 Å². The molecule has 2 fully saturated rings. The van der Waals surface area contributed by atoms with Crippen LogP contribution in [0.1, 0.15) is 26.2 Å². The van der Waals surface area contributed by atoms with Crippen molar-refractivity contribution < 1.29 is 18.0 Å². The maximum atomic E-state index is 12.4. The highest BCUT2D eigenvalue weighted by atomic mass is 19.4. The van der Waals surface area contributed by atoms with Gasteiger partial charge in [-0.25, -0.2) is 0 Å². The summed E-state index contributed by atoms with van der Waals surface area (Å²) in [6.45, 7) is 7.56. The summed E-state index contributed by atoms with van der Waals surface area (Å²) in [4.78, 5) is 24.4. The van der Waals surface area contributed by atoms with Gasteiger partial charge < -0.3 is 15.1 Å². The number of likely N-dealkylation sites (N-methyl/N-ethyl adjacent to an activating group) is 1. The van der Waals surface area contributed by atoms with E-state index in [-0.39, 0.29) is 12.5 Å². The number of guanidine groups is 1. The summed E-state index contributed by atoms with van der Waals surface area (Å²) < 4.78 is 37.3. The quantitative estimate of drug-likeness (QED) is 0.493. The zero-order chi connectivity index (χ0) is 21.3.